The molecule has 10 nitrogen and oxygen atoms in total. The Balaban J connectivity index is 1.31. The molecule has 8 rings (SSSR count). The van der Waals surface area contributed by atoms with Gasteiger partial charge in [0.15, 0.2) is 0 Å². The van der Waals surface area contributed by atoms with Crippen molar-refractivity contribution in [3.8, 4) is 17.6 Å². The summed E-state index contributed by atoms with van der Waals surface area (Å²) in [6.45, 7) is 5.15. The number of carbonyl (C=O) groups excluding carboxylic acids is 1. The monoisotopic (exact) mass is 905 g/mol. The van der Waals surface area contributed by atoms with Gasteiger partial charge in [-0.1, -0.05) is 90.8 Å². The number of hydrogen-bond donors (Lipinski definition) is 2. The number of amides is 1. The van der Waals surface area contributed by atoms with E-state index in [1.165, 1.54) is 4.90 Å². The number of benzene rings is 5. The number of hydrogen-bond acceptors (Lipinski definition) is 10. The lowest BCUT2D eigenvalue weighted by molar-refractivity contribution is -0.255. The van der Waals surface area contributed by atoms with Crippen LogP contribution in [0.4, 0.5) is 0 Å². The van der Waals surface area contributed by atoms with Crippen LogP contribution in [0.15, 0.2) is 150 Å². The smallest absolute Gasteiger partial charge is 0.254 e. The lowest BCUT2D eigenvalue weighted by Gasteiger charge is -2.60. The van der Waals surface area contributed by atoms with Gasteiger partial charge in [0.25, 0.3) is 5.91 Å². The zero-order valence-corrected chi connectivity index (χ0v) is 38.4. The van der Waals surface area contributed by atoms with E-state index in [9.17, 15) is 15.5 Å². The number of aliphatic hydroxyl groups is 2. The molecule has 11 heteroatoms. The van der Waals surface area contributed by atoms with Crippen LogP contribution in [0.3, 0.4) is 0 Å². The number of carbonyl (C=O) groups is 1. The summed E-state index contributed by atoms with van der Waals surface area (Å²) in [5, 5.41) is 36.5. The number of allylic oxidation sites excluding steroid dienone is 1. The second-order valence-electron chi connectivity index (χ2n) is 17.2. The minimum Gasteiger partial charge on any atom is -0.493 e. The average molecular weight is 906 g/mol. The maximum atomic E-state index is 15.5. The van der Waals surface area contributed by atoms with E-state index in [2.05, 4.69) is 61.2 Å². The molecule has 5 aromatic rings. The van der Waals surface area contributed by atoms with Crippen molar-refractivity contribution in [1.29, 1.82) is 5.26 Å². The maximum Gasteiger partial charge on any atom is 0.254 e. The lowest BCUT2D eigenvalue weighted by Crippen LogP contribution is -2.70. The zero-order valence-electron chi connectivity index (χ0n) is 37.6. The van der Waals surface area contributed by atoms with Crippen molar-refractivity contribution in [2.75, 3.05) is 39.3 Å². The summed E-state index contributed by atoms with van der Waals surface area (Å²) in [7, 11) is 1.55. The second-order valence-corrected chi connectivity index (χ2v) is 18.4. The number of rotatable bonds is 21. The van der Waals surface area contributed by atoms with Gasteiger partial charge in [0.2, 0.25) is 5.79 Å². The first-order chi connectivity index (χ1) is 32.4. The molecule has 1 aliphatic heterocycles. The topological polar surface area (TPSA) is 134 Å². The number of oxime groups is 1. The molecular weight excluding hydrogens is 847 g/mol. The third kappa shape index (κ3) is 9.93. The van der Waals surface area contributed by atoms with E-state index >= 15 is 4.79 Å². The highest BCUT2D eigenvalue weighted by molar-refractivity contribution is 7.99. The van der Waals surface area contributed by atoms with E-state index in [4.69, 9.17) is 24.2 Å². The molecule has 0 spiro atoms. The summed E-state index contributed by atoms with van der Waals surface area (Å²) in [6.07, 6.45) is 8.96. The van der Waals surface area contributed by atoms with Crippen molar-refractivity contribution >= 4 is 34.2 Å². The summed E-state index contributed by atoms with van der Waals surface area (Å²) in [5.41, 5.74) is 4.50. The first-order valence-corrected chi connectivity index (χ1v) is 24.1. The molecule has 2 aliphatic carbocycles. The van der Waals surface area contributed by atoms with Gasteiger partial charge in [-0.05, 0) is 114 Å². The third-order valence-electron chi connectivity index (χ3n) is 13.3. The summed E-state index contributed by atoms with van der Waals surface area (Å²) in [5.74, 6) is -0.0601. The Morgan fingerprint density at radius 1 is 0.955 bits per heavy atom. The van der Waals surface area contributed by atoms with Gasteiger partial charge in [-0.2, -0.15) is 5.26 Å². The highest BCUT2D eigenvalue weighted by Gasteiger charge is 2.65. The fraction of sp³-hybridized carbons (Fsp3) is 0.364. The zero-order chi connectivity index (χ0) is 45.9. The van der Waals surface area contributed by atoms with Crippen molar-refractivity contribution in [3.63, 3.8) is 0 Å². The van der Waals surface area contributed by atoms with Gasteiger partial charge >= 0.3 is 0 Å². The van der Waals surface area contributed by atoms with Gasteiger partial charge in [0, 0.05) is 53.9 Å². The molecule has 1 amide bonds. The van der Waals surface area contributed by atoms with Gasteiger partial charge in [-0.15, -0.1) is 18.3 Å². The molecule has 342 valence electrons. The fourth-order valence-electron chi connectivity index (χ4n) is 10.5. The van der Waals surface area contributed by atoms with E-state index in [1.54, 1.807) is 49.2 Å². The normalized spacial score (nSPS) is 22.3. The number of aliphatic hydroxyl groups excluding tert-OH is 2. The molecule has 5 aromatic carbocycles. The lowest BCUT2D eigenvalue weighted by atomic mass is 9.55. The minimum atomic E-state index is -1.45. The molecule has 6 atom stereocenters. The van der Waals surface area contributed by atoms with Crippen molar-refractivity contribution in [2.24, 2.45) is 22.9 Å². The quantitative estimate of drug-likeness (QED) is 0.0319. The maximum absolute atomic E-state index is 15.5. The summed E-state index contributed by atoms with van der Waals surface area (Å²) >= 11 is 1.75. The van der Waals surface area contributed by atoms with E-state index < -0.39 is 17.7 Å². The van der Waals surface area contributed by atoms with Crippen LogP contribution in [0, 0.1) is 29.1 Å². The van der Waals surface area contributed by atoms with Crippen LogP contribution in [0.25, 0.3) is 10.8 Å². The van der Waals surface area contributed by atoms with Crippen molar-refractivity contribution in [3.05, 3.63) is 162 Å². The van der Waals surface area contributed by atoms with Crippen LogP contribution >= 0.6 is 11.8 Å². The standard InChI is InChI=1S/C55H59N3O7S/c1-3-30-64-55-51(58(54(61)40-24-22-38(36-56)23-25-40)37-42-17-13-16-39-14-7-8-20-45(39)42)35-49(57-62-2)47-33-41(15-9-11-28-59)46(21-10-12-29-60)52(53(47)55)48-34-43(26-27-50(48)65-55)63-31-32-66-44-18-5-4-6-19-44/h3-8,13-14,16-20,22-27,33-34,41,46,51-53,59-60H,1,9-12,15,21,28-32,35,37H2,2H3/t41-,46+,51-,52+,53+,55+/m0/s1. The van der Waals surface area contributed by atoms with Crippen LogP contribution in [0.1, 0.15) is 77.9 Å². The first-order valence-electron chi connectivity index (χ1n) is 23.1. The number of nitriles is 1. The molecule has 0 radical (unpaired) electrons. The van der Waals surface area contributed by atoms with Gasteiger partial charge in [0.05, 0.1) is 36.5 Å². The molecule has 1 saturated carbocycles. The largest absolute Gasteiger partial charge is 0.493 e. The summed E-state index contributed by atoms with van der Waals surface area (Å²) in [6, 6.07) is 38.9. The Morgan fingerprint density at radius 2 is 1.71 bits per heavy atom. The Kier molecular flexibility index (Phi) is 15.6. The molecule has 1 fully saturated rings. The third-order valence-corrected chi connectivity index (χ3v) is 14.3. The molecule has 0 bridgehead atoms. The van der Waals surface area contributed by atoms with Crippen LogP contribution in [0.2, 0.25) is 0 Å². The number of ether oxygens (including phenoxy) is 3. The van der Waals surface area contributed by atoms with Crippen LogP contribution in [-0.4, -0.2) is 77.9 Å². The second kappa shape index (κ2) is 22.1. The predicted octanol–water partition coefficient (Wildman–Crippen LogP) is 10.5. The number of thioether (sulfide) groups is 1. The Hall–Kier alpha value is -5.90. The summed E-state index contributed by atoms with van der Waals surface area (Å²) in [4.78, 5) is 24.2. The van der Waals surface area contributed by atoms with Crippen molar-refractivity contribution in [1.82, 2.24) is 4.90 Å². The molecule has 1 heterocycles. The van der Waals surface area contributed by atoms with Gasteiger partial charge in [-0.3, -0.25) is 4.79 Å². The highest BCUT2D eigenvalue weighted by Crippen LogP contribution is 2.62. The highest BCUT2D eigenvalue weighted by atomic mass is 32.2. The van der Waals surface area contributed by atoms with E-state index in [1.807, 2.05) is 53.4 Å². The summed E-state index contributed by atoms with van der Waals surface area (Å²) < 4.78 is 21.2. The first kappa shape index (κ1) is 46.6. The number of fused-ring (bicyclic) bond motifs is 3. The fourth-order valence-corrected chi connectivity index (χ4v) is 11.2. The minimum absolute atomic E-state index is 0.0607. The van der Waals surface area contributed by atoms with Crippen LogP contribution in [-0.2, 0) is 16.1 Å². The van der Waals surface area contributed by atoms with Crippen molar-refractivity contribution in [2.45, 2.75) is 74.1 Å². The van der Waals surface area contributed by atoms with Crippen LogP contribution in [0.5, 0.6) is 11.5 Å². The molecule has 0 saturated heterocycles. The Labute approximate surface area is 392 Å². The SMILES string of the molecule is C=CCO[C@@]12Oc3ccc(OCCSc4ccccc4)cc3[C@H]3[C@H](CCCCO)[C@@H](CCCCO)C=C(C(=NOC)C[C@@H]1N(Cc1cccc4ccccc14)C(=O)c1ccc(C#N)cc1)[C@H]32. The van der Waals surface area contributed by atoms with Gasteiger partial charge in [0.1, 0.15) is 24.7 Å². The molecule has 3 aliphatic rings. The predicted molar refractivity (Wildman–Crippen MR) is 260 cm³/mol. The van der Waals surface area contributed by atoms with Crippen molar-refractivity contribution < 1.29 is 34.1 Å². The molecule has 0 unspecified atom stereocenters. The average Bonchev–Trinajstić information content (AvgIpc) is 3.35. The molecular formula is C55H59N3O7S. The van der Waals surface area contributed by atoms with E-state index in [-0.39, 0.29) is 56.4 Å². The Bertz CT molecular complexity index is 2550. The molecule has 0 aromatic heterocycles. The van der Waals surface area contributed by atoms with E-state index in [0.29, 0.717) is 42.0 Å². The molecule has 66 heavy (non-hydrogen) atoms. The molecule has 2 N–H and O–H groups in total. The van der Waals surface area contributed by atoms with E-state index in [0.717, 1.165) is 64.7 Å². The number of unbranched alkanes of at least 4 members (excludes halogenated alkanes) is 2. The Morgan fingerprint density at radius 3 is 2.47 bits per heavy atom. The number of nitrogens with zero attached hydrogens (tertiary/aromatic N) is 3. The van der Waals surface area contributed by atoms with Gasteiger partial charge in [-0.25, -0.2) is 0 Å². The van der Waals surface area contributed by atoms with Crippen LogP contribution < -0.4 is 9.47 Å². The van der Waals surface area contributed by atoms with Gasteiger partial charge < -0.3 is 34.2 Å².